The molecule has 1 N–H and O–H groups in total. The zero-order valence-corrected chi connectivity index (χ0v) is 19.2. The van der Waals surface area contributed by atoms with E-state index in [2.05, 4.69) is 70.9 Å². The fourth-order valence-electron chi connectivity index (χ4n) is 4.62. The van der Waals surface area contributed by atoms with E-state index in [1.54, 1.807) is 0 Å². The quantitative estimate of drug-likeness (QED) is 0.482. The first-order chi connectivity index (χ1) is 15.7. The highest BCUT2D eigenvalue weighted by molar-refractivity contribution is 6.30. The molecule has 4 rings (SSSR count). The van der Waals surface area contributed by atoms with Crippen LogP contribution in [0, 0.1) is 0 Å². The Bertz CT molecular complexity index is 945. The zero-order chi connectivity index (χ0) is 22.2. The van der Waals surface area contributed by atoms with Gasteiger partial charge in [-0.1, -0.05) is 84.4 Å². The van der Waals surface area contributed by atoms with Gasteiger partial charge in [-0.25, -0.2) is 0 Å². The SMILES string of the molecule is O=C(Cc1cccc(Cl)c1)NC1CCN(CCC(c2ccccc2)c2ccccc2)CC1. The van der Waals surface area contributed by atoms with Gasteiger partial charge in [-0.2, -0.15) is 0 Å². The van der Waals surface area contributed by atoms with Crippen molar-refractivity contribution in [3.63, 3.8) is 0 Å². The van der Waals surface area contributed by atoms with E-state index in [0.29, 0.717) is 17.4 Å². The van der Waals surface area contributed by atoms with E-state index in [-0.39, 0.29) is 11.9 Å². The van der Waals surface area contributed by atoms with Crippen molar-refractivity contribution >= 4 is 17.5 Å². The molecule has 1 saturated heterocycles. The Balaban J connectivity index is 1.26. The first-order valence-electron chi connectivity index (χ1n) is 11.5. The summed E-state index contributed by atoms with van der Waals surface area (Å²) in [6.45, 7) is 3.12. The van der Waals surface area contributed by atoms with Crippen LogP contribution in [0.25, 0.3) is 0 Å². The van der Waals surface area contributed by atoms with Crippen molar-refractivity contribution in [3.8, 4) is 0 Å². The van der Waals surface area contributed by atoms with Gasteiger partial charge in [0.05, 0.1) is 6.42 Å². The number of hydrogen-bond acceptors (Lipinski definition) is 2. The molecular formula is C28H31ClN2O. The summed E-state index contributed by atoms with van der Waals surface area (Å²) < 4.78 is 0. The molecule has 0 aromatic heterocycles. The van der Waals surface area contributed by atoms with Gasteiger partial charge < -0.3 is 10.2 Å². The summed E-state index contributed by atoms with van der Waals surface area (Å²) >= 11 is 6.03. The molecule has 1 fully saturated rings. The number of halogens is 1. The van der Waals surface area contributed by atoms with Gasteiger partial charge in [-0.15, -0.1) is 0 Å². The summed E-state index contributed by atoms with van der Waals surface area (Å²) in [6, 6.07) is 29.4. The second kappa shape index (κ2) is 11.3. The van der Waals surface area contributed by atoms with Crippen LogP contribution in [0.15, 0.2) is 84.9 Å². The Labute approximate surface area is 196 Å². The fourth-order valence-corrected chi connectivity index (χ4v) is 4.83. The highest BCUT2D eigenvalue weighted by atomic mass is 35.5. The van der Waals surface area contributed by atoms with Crippen molar-refractivity contribution in [2.45, 2.75) is 37.6 Å². The Hall–Kier alpha value is -2.62. The summed E-state index contributed by atoms with van der Waals surface area (Å²) in [5, 5.41) is 3.89. The molecule has 0 atom stereocenters. The number of nitrogens with zero attached hydrogens (tertiary/aromatic N) is 1. The summed E-state index contributed by atoms with van der Waals surface area (Å²) in [6.07, 6.45) is 3.49. The minimum atomic E-state index is 0.0823. The Kier molecular flexibility index (Phi) is 7.97. The minimum absolute atomic E-state index is 0.0823. The fraction of sp³-hybridized carbons (Fsp3) is 0.321. The Morgan fingerprint density at radius 2 is 1.53 bits per heavy atom. The van der Waals surface area contributed by atoms with Crippen LogP contribution in [0.3, 0.4) is 0 Å². The van der Waals surface area contributed by atoms with E-state index < -0.39 is 0 Å². The molecule has 0 radical (unpaired) electrons. The van der Waals surface area contributed by atoms with Gasteiger partial charge in [0.25, 0.3) is 0 Å². The maximum Gasteiger partial charge on any atom is 0.224 e. The zero-order valence-electron chi connectivity index (χ0n) is 18.4. The molecular weight excluding hydrogens is 416 g/mol. The molecule has 1 aliphatic heterocycles. The molecule has 32 heavy (non-hydrogen) atoms. The highest BCUT2D eigenvalue weighted by Gasteiger charge is 2.22. The van der Waals surface area contributed by atoms with E-state index >= 15 is 0 Å². The molecule has 1 aliphatic rings. The number of piperidine rings is 1. The number of carbonyl (C=O) groups excluding carboxylic acids is 1. The van der Waals surface area contributed by atoms with Crippen LogP contribution in [-0.2, 0) is 11.2 Å². The summed E-state index contributed by atoms with van der Waals surface area (Å²) in [7, 11) is 0. The predicted molar refractivity (Wildman–Crippen MR) is 132 cm³/mol. The molecule has 0 spiro atoms. The predicted octanol–water partition coefficient (Wildman–Crippen LogP) is 5.69. The van der Waals surface area contributed by atoms with E-state index in [4.69, 9.17) is 11.6 Å². The van der Waals surface area contributed by atoms with Gasteiger partial charge in [-0.3, -0.25) is 4.79 Å². The smallest absolute Gasteiger partial charge is 0.224 e. The summed E-state index contributed by atoms with van der Waals surface area (Å²) in [4.78, 5) is 15.0. The highest BCUT2D eigenvalue weighted by Crippen LogP contribution is 2.28. The van der Waals surface area contributed by atoms with Crippen LogP contribution in [-0.4, -0.2) is 36.5 Å². The number of benzene rings is 3. The van der Waals surface area contributed by atoms with Crippen LogP contribution >= 0.6 is 11.6 Å². The van der Waals surface area contributed by atoms with Crippen molar-refractivity contribution in [3.05, 3.63) is 107 Å². The first kappa shape index (κ1) is 22.6. The van der Waals surface area contributed by atoms with Crippen LogP contribution in [0.5, 0.6) is 0 Å². The molecule has 3 nitrogen and oxygen atoms in total. The largest absolute Gasteiger partial charge is 0.353 e. The van der Waals surface area contributed by atoms with Gasteiger partial charge >= 0.3 is 0 Å². The lowest BCUT2D eigenvalue weighted by atomic mass is 9.88. The number of likely N-dealkylation sites (tertiary alicyclic amines) is 1. The second-order valence-corrected chi connectivity index (χ2v) is 9.09. The number of rotatable bonds is 8. The molecule has 166 valence electrons. The normalized spacial score (nSPS) is 15.1. The average Bonchev–Trinajstić information content (AvgIpc) is 2.82. The van der Waals surface area contributed by atoms with Crippen LogP contribution in [0.2, 0.25) is 5.02 Å². The summed E-state index contributed by atoms with van der Waals surface area (Å²) in [5.74, 6) is 0.492. The number of amides is 1. The standard InChI is InChI=1S/C28H31ClN2O/c29-25-13-7-8-22(20-25)21-28(32)30-26-14-17-31(18-15-26)19-16-27(23-9-3-1-4-10-23)24-11-5-2-6-12-24/h1-13,20,26-27H,14-19,21H2,(H,30,32). The van der Waals surface area contributed by atoms with Gasteiger partial charge in [0, 0.05) is 30.1 Å². The number of hydrogen-bond donors (Lipinski definition) is 1. The molecule has 4 heteroatoms. The van der Waals surface area contributed by atoms with Crippen LogP contribution in [0.4, 0.5) is 0 Å². The molecule has 0 aliphatic carbocycles. The molecule has 3 aromatic rings. The molecule has 0 unspecified atom stereocenters. The lowest BCUT2D eigenvalue weighted by molar-refractivity contribution is -0.121. The molecule has 0 saturated carbocycles. The Morgan fingerprint density at radius 1 is 0.906 bits per heavy atom. The van der Waals surface area contributed by atoms with Crippen molar-refractivity contribution in [1.82, 2.24) is 10.2 Å². The molecule has 1 heterocycles. The molecule has 1 amide bonds. The average molecular weight is 447 g/mol. The Morgan fingerprint density at radius 3 is 2.12 bits per heavy atom. The van der Waals surface area contributed by atoms with Crippen LogP contribution in [0.1, 0.15) is 41.9 Å². The first-order valence-corrected chi connectivity index (χ1v) is 11.9. The van der Waals surface area contributed by atoms with Crippen molar-refractivity contribution in [1.29, 1.82) is 0 Å². The summed E-state index contributed by atoms with van der Waals surface area (Å²) in [5.41, 5.74) is 3.71. The molecule has 3 aromatic carbocycles. The van der Waals surface area contributed by atoms with Gasteiger partial charge in [0.1, 0.15) is 0 Å². The van der Waals surface area contributed by atoms with Crippen molar-refractivity contribution in [2.75, 3.05) is 19.6 Å². The second-order valence-electron chi connectivity index (χ2n) is 8.65. The van der Waals surface area contributed by atoms with E-state index in [9.17, 15) is 4.79 Å². The van der Waals surface area contributed by atoms with E-state index in [1.165, 1.54) is 11.1 Å². The monoisotopic (exact) mass is 446 g/mol. The third kappa shape index (κ3) is 6.44. The lowest BCUT2D eigenvalue weighted by Crippen LogP contribution is -2.45. The van der Waals surface area contributed by atoms with Crippen molar-refractivity contribution in [2.24, 2.45) is 0 Å². The third-order valence-electron chi connectivity index (χ3n) is 6.34. The van der Waals surface area contributed by atoms with Crippen molar-refractivity contribution < 1.29 is 4.79 Å². The maximum absolute atomic E-state index is 12.4. The number of nitrogens with one attached hydrogen (secondary N) is 1. The van der Waals surface area contributed by atoms with Gasteiger partial charge in [0.15, 0.2) is 0 Å². The van der Waals surface area contributed by atoms with Gasteiger partial charge in [-0.05, 0) is 54.6 Å². The maximum atomic E-state index is 12.4. The van der Waals surface area contributed by atoms with E-state index in [1.807, 2.05) is 24.3 Å². The lowest BCUT2D eigenvalue weighted by Gasteiger charge is -2.33. The van der Waals surface area contributed by atoms with Crippen LogP contribution < -0.4 is 5.32 Å². The van der Waals surface area contributed by atoms with Gasteiger partial charge in [0.2, 0.25) is 5.91 Å². The number of carbonyl (C=O) groups is 1. The third-order valence-corrected chi connectivity index (χ3v) is 6.58. The topological polar surface area (TPSA) is 32.3 Å². The molecule has 0 bridgehead atoms. The minimum Gasteiger partial charge on any atom is -0.353 e. The van der Waals surface area contributed by atoms with E-state index in [0.717, 1.165) is 44.5 Å².